The number of aromatic carboxylic acids is 1. The van der Waals surface area contributed by atoms with Gasteiger partial charge >= 0.3 is 5.97 Å². The average Bonchev–Trinajstić information content (AvgIpc) is 3.09. The molecular weight excluding hydrogens is 224 g/mol. The third-order valence-corrected chi connectivity index (χ3v) is 3.35. The second-order valence-electron chi connectivity index (χ2n) is 3.91. The summed E-state index contributed by atoms with van der Waals surface area (Å²) in [6, 6.07) is 6.86. The van der Waals surface area contributed by atoms with E-state index in [-0.39, 0.29) is 0 Å². The maximum Gasteiger partial charge on any atom is 0.335 e. The zero-order chi connectivity index (χ0) is 11.4. The summed E-state index contributed by atoms with van der Waals surface area (Å²) in [6.07, 6.45) is 2.61. The average molecular weight is 238 g/mol. The molecule has 0 aliphatic heterocycles. The Labute approximate surface area is 98.8 Å². The summed E-state index contributed by atoms with van der Waals surface area (Å²) < 4.78 is 5.49. The fourth-order valence-electron chi connectivity index (χ4n) is 1.30. The Hall–Kier alpha value is -1.00. The molecule has 0 saturated heterocycles. The SMILES string of the molecule is O=C(O)c1ccc(SCOCC2CC2)cc1. The lowest BCUT2D eigenvalue weighted by Crippen LogP contribution is -1.96. The fraction of sp³-hybridized carbons (Fsp3) is 0.417. The molecule has 1 saturated carbocycles. The van der Waals surface area contributed by atoms with Gasteiger partial charge in [0.25, 0.3) is 0 Å². The molecule has 3 nitrogen and oxygen atoms in total. The minimum absolute atomic E-state index is 0.322. The minimum atomic E-state index is -0.887. The Kier molecular flexibility index (Phi) is 3.85. The van der Waals surface area contributed by atoms with Crippen LogP contribution in [0.4, 0.5) is 0 Å². The van der Waals surface area contributed by atoms with Crippen LogP contribution in [0.25, 0.3) is 0 Å². The zero-order valence-corrected chi connectivity index (χ0v) is 9.70. The van der Waals surface area contributed by atoms with Crippen LogP contribution < -0.4 is 0 Å². The molecule has 0 bridgehead atoms. The largest absolute Gasteiger partial charge is 0.478 e. The predicted octanol–water partition coefficient (Wildman–Crippen LogP) is 2.86. The minimum Gasteiger partial charge on any atom is -0.478 e. The molecule has 0 unspecified atom stereocenters. The molecule has 0 atom stereocenters. The van der Waals surface area contributed by atoms with E-state index >= 15 is 0 Å². The Balaban J connectivity index is 1.73. The molecule has 1 fully saturated rings. The highest BCUT2D eigenvalue weighted by molar-refractivity contribution is 7.99. The van der Waals surface area contributed by atoms with Gasteiger partial charge in [0.2, 0.25) is 0 Å². The molecule has 0 aromatic heterocycles. The highest BCUT2D eigenvalue weighted by atomic mass is 32.2. The second kappa shape index (κ2) is 5.37. The maximum atomic E-state index is 10.6. The first-order valence-electron chi connectivity index (χ1n) is 5.29. The van der Waals surface area contributed by atoms with Gasteiger partial charge in [-0.25, -0.2) is 4.79 Å². The van der Waals surface area contributed by atoms with Crippen molar-refractivity contribution in [2.24, 2.45) is 5.92 Å². The number of ether oxygens (including phenoxy) is 1. The third-order valence-electron chi connectivity index (χ3n) is 2.46. The fourth-order valence-corrected chi connectivity index (χ4v) is 1.95. The van der Waals surface area contributed by atoms with Crippen LogP contribution in [-0.4, -0.2) is 23.6 Å². The number of thioether (sulfide) groups is 1. The van der Waals surface area contributed by atoms with Crippen molar-refractivity contribution in [3.8, 4) is 0 Å². The molecule has 1 aromatic carbocycles. The summed E-state index contributed by atoms with van der Waals surface area (Å²) in [5.74, 6) is 0.541. The van der Waals surface area contributed by atoms with E-state index in [1.807, 2.05) is 12.1 Å². The number of hydrogen-bond acceptors (Lipinski definition) is 3. The Morgan fingerprint density at radius 2 is 2.06 bits per heavy atom. The highest BCUT2D eigenvalue weighted by Gasteiger charge is 2.20. The number of benzene rings is 1. The second-order valence-corrected chi connectivity index (χ2v) is 4.90. The smallest absolute Gasteiger partial charge is 0.335 e. The Morgan fingerprint density at radius 3 is 2.62 bits per heavy atom. The van der Waals surface area contributed by atoms with Gasteiger partial charge in [-0.15, -0.1) is 0 Å². The van der Waals surface area contributed by atoms with Crippen LogP contribution in [-0.2, 0) is 4.74 Å². The van der Waals surface area contributed by atoms with Gasteiger partial charge in [-0.2, -0.15) is 0 Å². The number of carboxylic acids is 1. The van der Waals surface area contributed by atoms with Crippen molar-refractivity contribution in [1.29, 1.82) is 0 Å². The molecule has 0 heterocycles. The lowest BCUT2D eigenvalue weighted by atomic mass is 10.2. The van der Waals surface area contributed by atoms with Crippen LogP contribution >= 0.6 is 11.8 Å². The first-order valence-corrected chi connectivity index (χ1v) is 6.28. The van der Waals surface area contributed by atoms with E-state index in [9.17, 15) is 4.79 Å². The van der Waals surface area contributed by atoms with Crippen LogP contribution in [0.15, 0.2) is 29.2 Å². The van der Waals surface area contributed by atoms with Gasteiger partial charge in [0, 0.05) is 4.90 Å². The maximum absolute atomic E-state index is 10.6. The molecule has 0 amide bonds. The summed E-state index contributed by atoms with van der Waals surface area (Å²) >= 11 is 1.60. The summed E-state index contributed by atoms with van der Waals surface area (Å²) in [6.45, 7) is 0.861. The molecule has 16 heavy (non-hydrogen) atoms. The van der Waals surface area contributed by atoms with Gasteiger partial charge in [0.15, 0.2) is 0 Å². The van der Waals surface area contributed by atoms with Crippen molar-refractivity contribution in [3.05, 3.63) is 29.8 Å². The number of rotatable bonds is 6. The molecule has 0 radical (unpaired) electrons. The van der Waals surface area contributed by atoms with E-state index in [4.69, 9.17) is 9.84 Å². The molecule has 1 aliphatic carbocycles. The standard InChI is InChI=1S/C12H14O3S/c13-12(14)10-3-5-11(6-4-10)16-8-15-7-9-1-2-9/h3-6,9H,1-2,7-8H2,(H,13,14). The van der Waals surface area contributed by atoms with Crippen molar-refractivity contribution in [1.82, 2.24) is 0 Å². The van der Waals surface area contributed by atoms with E-state index in [0.717, 1.165) is 17.4 Å². The number of hydrogen-bond donors (Lipinski definition) is 1. The van der Waals surface area contributed by atoms with E-state index in [1.54, 1.807) is 23.9 Å². The predicted molar refractivity (Wildman–Crippen MR) is 62.8 cm³/mol. The van der Waals surface area contributed by atoms with Gasteiger partial charge in [-0.05, 0) is 43.0 Å². The van der Waals surface area contributed by atoms with E-state index < -0.39 is 5.97 Å². The van der Waals surface area contributed by atoms with E-state index in [0.29, 0.717) is 11.5 Å². The highest BCUT2D eigenvalue weighted by Crippen LogP contribution is 2.29. The summed E-state index contributed by atoms with van der Waals surface area (Å²) in [5, 5.41) is 8.73. The van der Waals surface area contributed by atoms with Gasteiger partial charge in [-0.1, -0.05) is 11.8 Å². The molecule has 1 aromatic rings. The molecule has 1 N–H and O–H groups in total. The molecule has 1 aliphatic rings. The van der Waals surface area contributed by atoms with E-state index in [2.05, 4.69) is 0 Å². The first-order chi connectivity index (χ1) is 7.75. The Bertz CT molecular complexity index is 357. The molecule has 4 heteroatoms. The first kappa shape index (κ1) is 11.5. The Morgan fingerprint density at radius 1 is 1.38 bits per heavy atom. The molecule has 86 valence electrons. The van der Waals surface area contributed by atoms with Crippen molar-refractivity contribution in [3.63, 3.8) is 0 Å². The normalized spacial score (nSPS) is 15.0. The van der Waals surface area contributed by atoms with Gasteiger partial charge in [0.1, 0.15) is 0 Å². The lowest BCUT2D eigenvalue weighted by Gasteiger charge is -2.03. The summed E-state index contributed by atoms with van der Waals surface area (Å²) in [5.41, 5.74) is 0.322. The summed E-state index contributed by atoms with van der Waals surface area (Å²) in [7, 11) is 0. The van der Waals surface area contributed by atoms with Crippen LogP contribution in [0.3, 0.4) is 0 Å². The van der Waals surface area contributed by atoms with Crippen LogP contribution in [0, 0.1) is 5.92 Å². The number of carbonyl (C=O) groups is 1. The van der Waals surface area contributed by atoms with Crippen LogP contribution in [0.2, 0.25) is 0 Å². The third kappa shape index (κ3) is 3.54. The van der Waals surface area contributed by atoms with Gasteiger partial charge < -0.3 is 9.84 Å². The van der Waals surface area contributed by atoms with Gasteiger partial charge in [-0.3, -0.25) is 0 Å². The monoisotopic (exact) mass is 238 g/mol. The molecule has 0 spiro atoms. The van der Waals surface area contributed by atoms with Crippen LogP contribution in [0.5, 0.6) is 0 Å². The van der Waals surface area contributed by atoms with Crippen molar-refractivity contribution >= 4 is 17.7 Å². The lowest BCUT2D eigenvalue weighted by molar-refractivity contribution is 0.0697. The number of carboxylic acid groups (broad SMARTS) is 1. The summed E-state index contributed by atoms with van der Waals surface area (Å²) in [4.78, 5) is 11.7. The van der Waals surface area contributed by atoms with Gasteiger partial charge in [0.05, 0.1) is 18.1 Å². The zero-order valence-electron chi connectivity index (χ0n) is 8.89. The van der Waals surface area contributed by atoms with Crippen LogP contribution in [0.1, 0.15) is 23.2 Å². The van der Waals surface area contributed by atoms with Crippen molar-refractivity contribution in [2.75, 3.05) is 12.5 Å². The van der Waals surface area contributed by atoms with E-state index in [1.165, 1.54) is 12.8 Å². The van der Waals surface area contributed by atoms with Crippen molar-refractivity contribution in [2.45, 2.75) is 17.7 Å². The quantitative estimate of drug-likeness (QED) is 0.470. The molecular formula is C12H14O3S. The molecule has 2 rings (SSSR count). The topological polar surface area (TPSA) is 46.5 Å². The van der Waals surface area contributed by atoms with Crippen molar-refractivity contribution < 1.29 is 14.6 Å².